The molecule has 0 aliphatic heterocycles. The molecule has 3 aromatic rings. The van der Waals surface area contributed by atoms with Crippen LogP contribution in [0.4, 0.5) is 0 Å². The van der Waals surface area contributed by atoms with E-state index in [9.17, 15) is 4.79 Å². The summed E-state index contributed by atoms with van der Waals surface area (Å²) >= 11 is 1.79. The lowest BCUT2D eigenvalue weighted by molar-refractivity contribution is 0.486. The molecule has 2 aromatic heterocycles. The highest BCUT2D eigenvalue weighted by Crippen LogP contribution is 2.10. The van der Waals surface area contributed by atoms with E-state index in [-0.39, 0.29) is 29.5 Å². The molecule has 0 aliphatic rings. The molecule has 0 atom stereocenters. The number of nitrogens with zero attached hydrogens (tertiary/aromatic N) is 3. The van der Waals surface area contributed by atoms with Crippen molar-refractivity contribution in [2.75, 3.05) is 20.6 Å². The zero-order valence-electron chi connectivity index (χ0n) is 16.7. The van der Waals surface area contributed by atoms with Crippen molar-refractivity contribution in [1.29, 1.82) is 0 Å². The van der Waals surface area contributed by atoms with Gasteiger partial charge in [0.15, 0.2) is 5.96 Å². The van der Waals surface area contributed by atoms with E-state index in [0.717, 1.165) is 24.5 Å². The van der Waals surface area contributed by atoms with E-state index < -0.39 is 0 Å². The zero-order valence-corrected chi connectivity index (χ0v) is 19.9. The van der Waals surface area contributed by atoms with Crippen molar-refractivity contribution < 1.29 is 0 Å². The molecular weight excluding hydrogens is 495 g/mol. The van der Waals surface area contributed by atoms with Gasteiger partial charge in [-0.15, -0.1) is 35.3 Å². The average Bonchev–Trinajstić information content (AvgIpc) is 3.23. The molecule has 0 aliphatic carbocycles. The number of nitrogens with one attached hydrogen (secondary N) is 1. The number of aromatic nitrogens is 1. The predicted molar refractivity (Wildman–Crippen MR) is 133 cm³/mol. The van der Waals surface area contributed by atoms with Gasteiger partial charge in [0.25, 0.3) is 5.56 Å². The van der Waals surface area contributed by atoms with E-state index in [1.807, 2.05) is 19.3 Å². The molecule has 3 rings (SSSR count). The molecule has 0 unspecified atom stereocenters. The fourth-order valence-corrected chi connectivity index (χ4v) is 3.65. The molecule has 0 saturated carbocycles. The van der Waals surface area contributed by atoms with Crippen molar-refractivity contribution in [1.82, 2.24) is 14.8 Å². The van der Waals surface area contributed by atoms with E-state index in [0.29, 0.717) is 13.1 Å². The maximum absolute atomic E-state index is 11.8. The lowest BCUT2D eigenvalue weighted by Gasteiger charge is -2.22. The van der Waals surface area contributed by atoms with Crippen LogP contribution in [-0.4, -0.2) is 36.1 Å². The Balaban J connectivity index is 0.00000300. The van der Waals surface area contributed by atoms with Crippen LogP contribution in [0, 0.1) is 0 Å². The molecule has 0 spiro atoms. The zero-order chi connectivity index (χ0) is 19.8. The second-order valence-electron chi connectivity index (χ2n) is 6.63. The summed E-state index contributed by atoms with van der Waals surface area (Å²) in [6, 6.07) is 17.8. The quantitative estimate of drug-likeness (QED) is 0.292. The second-order valence-corrected chi connectivity index (χ2v) is 7.67. The summed E-state index contributed by atoms with van der Waals surface area (Å²) in [5, 5.41) is 5.53. The van der Waals surface area contributed by atoms with E-state index in [4.69, 9.17) is 0 Å². The van der Waals surface area contributed by atoms with Gasteiger partial charge in [-0.3, -0.25) is 9.79 Å². The lowest BCUT2D eigenvalue weighted by atomic mass is 10.1. The first-order chi connectivity index (χ1) is 13.7. The normalized spacial score (nSPS) is 11.0. The van der Waals surface area contributed by atoms with E-state index in [2.05, 4.69) is 64.0 Å². The molecule has 29 heavy (non-hydrogen) atoms. The van der Waals surface area contributed by atoms with Crippen LogP contribution in [0.15, 0.2) is 76.0 Å². The molecule has 0 fully saturated rings. The van der Waals surface area contributed by atoms with Crippen molar-refractivity contribution in [2.45, 2.75) is 19.5 Å². The smallest absolute Gasteiger partial charge is 0.250 e. The molecule has 0 amide bonds. The number of pyridine rings is 1. The van der Waals surface area contributed by atoms with Crippen molar-refractivity contribution in [3.8, 4) is 0 Å². The summed E-state index contributed by atoms with van der Waals surface area (Å²) in [6.07, 6.45) is 2.83. The van der Waals surface area contributed by atoms with Gasteiger partial charge in [-0.25, -0.2) is 0 Å². The molecule has 5 nitrogen and oxygen atoms in total. The number of halogens is 1. The molecule has 2 heterocycles. The highest BCUT2D eigenvalue weighted by atomic mass is 127. The first kappa shape index (κ1) is 23.2. The van der Waals surface area contributed by atoms with Crippen LogP contribution in [0.3, 0.4) is 0 Å². The molecular formula is C22H27IN4OS. The van der Waals surface area contributed by atoms with Gasteiger partial charge >= 0.3 is 0 Å². The SMILES string of the molecule is CN=C(NCc1ccc(Cn2ccccc2=O)cc1)N(C)CCc1cccs1.I. The van der Waals surface area contributed by atoms with E-state index in [1.54, 1.807) is 28.0 Å². The molecule has 154 valence electrons. The summed E-state index contributed by atoms with van der Waals surface area (Å²) in [6.45, 7) is 2.22. The van der Waals surface area contributed by atoms with Gasteiger partial charge in [-0.05, 0) is 35.1 Å². The first-order valence-corrected chi connectivity index (χ1v) is 10.2. The topological polar surface area (TPSA) is 49.6 Å². The molecule has 7 heteroatoms. The summed E-state index contributed by atoms with van der Waals surface area (Å²) < 4.78 is 1.71. The van der Waals surface area contributed by atoms with Crippen LogP contribution < -0.4 is 10.9 Å². The fraction of sp³-hybridized carbons (Fsp3) is 0.273. The van der Waals surface area contributed by atoms with Gasteiger partial charge in [0.05, 0.1) is 6.54 Å². The molecule has 0 bridgehead atoms. The number of rotatable bonds is 7. The minimum Gasteiger partial charge on any atom is -0.352 e. The lowest BCUT2D eigenvalue weighted by Crippen LogP contribution is -2.39. The maximum atomic E-state index is 11.8. The van der Waals surface area contributed by atoms with Gasteiger partial charge in [-0.1, -0.05) is 36.4 Å². The van der Waals surface area contributed by atoms with Crippen LogP contribution in [0.5, 0.6) is 0 Å². The van der Waals surface area contributed by atoms with Crippen molar-refractivity contribution in [2.24, 2.45) is 4.99 Å². The van der Waals surface area contributed by atoms with Crippen LogP contribution in [0.1, 0.15) is 16.0 Å². The Bertz CT molecular complexity index is 951. The van der Waals surface area contributed by atoms with Gasteiger partial charge in [0.2, 0.25) is 0 Å². The Morgan fingerprint density at radius 3 is 2.52 bits per heavy atom. The standard InChI is InChI=1S/C22H26N4OS.HI/c1-23-22(25(2)14-12-20-6-5-15-28-20)24-16-18-8-10-19(11-9-18)17-26-13-4-3-7-21(26)27;/h3-11,13,15H,12,14,16-17H2,1-2H3,(H,23,24);1H. The van der Waals surface area contributed by atoms with Crippen molar-refractivity contribution in [3.63, 3.8) is 0 Å². The summed E-state index contributed by atoms with van der Waals surface area (Å²) in [4.78, 5) is 19.7. The number of aliphatic imine (C=N–C) groups is 1. The Labute approximate surface area is 193 Å². The third-order valence-corrected chi connectivity index (χ3v) is 5.51. The Hall–Kier alpha value is -2.13. The van der Waals surface area contributed by atoms with E-state index >= 15 is 0 Å². The van der Waals surface area contributed by atoms with Gasteiger partial charge < -0.3 is 14.8 Å². The summed E-state index contributed by atoms with van der Waals surface area (Å²) in [5.41, 5.74) is 2.30. The highest BCUT2D eigenvalue weighted by molar-refractivity contribution is 14.0. The summed E-state index contributed by atoms with van der Waals surface area (Å²) in [7, 11) is 3.87. The van der Waals surface area contributed by atoms with Crippen LogP contribution >= 0.6 is 35.3 Å². The number of thiophene rings is 1. The number of likely N-dealkylation sites (N-methyl/N-ethyl adjacent to an activating group) is 1. The Kier molecular flexibility index (Phi) is 9.40. The third kappa shape index (κ3) is 7.01. The Morgan fingerprint density at radius 1 is 1.10 bits per heavy atom. The predicted octanol–water partition coefficient (Wildman–Crippen LogP) is 3.83. The number of guanidine groups is 1. The van der Waals surface area contributed by atoms with Crippen LogP contribution in [-0.2, 0) is 19.5 Å². The minimum atomic E-state index is 0. The fourth-order valence-electron chi connectivity index (χ4n) is 2.95. The monoisotopic (exact) mass is 522 g/mol. The molecule has 1 N–H and O–H groups in total. The molecule has 0 radical (unpaired) electrons. The first-order valence-electron chi connectivity index (χ1n) is 9.33. The number of hydrogen-bond donors (Lipinski definition) is 1. The minimum absolute atomic E-state index is 0. The van der Waals surface area contributed by atoms with Gasteiger partial charge in [-0.2, -0.15) is 0 Å². The summed E-state index contributed by atoms with van der Waals surface area (Å²) in [5.74, 6) is 0.886. The molecule has 1 aromatic carbocycles. The average molecular weight is 522 g/mol. The number of benzene rings is 1. The highest BCUT2D eigenvalue weighted by Gasteiger charge is 2.06. The maximum Gasteiger partial charge on any atom is 0.250 e. The van der Waals surface area contributed by atoms with Gasteiger partial charge in [0, 0.05) is 44.3 Å². The van der Waals surface area contributed by atoms with Crippen LogP contribution in [0.2, 0.25) is 0 Å². The largest absolute Gasteiger partial charge is 0.352 e. The van der Waals surface area contributed by atoms with E-state index in [1.165, 1.54) is 10.4 Å². The van der Waals surface area contributed by atoms with Gasteiger partial charge in [0.1, 0.15) is 0 Å². The van der Waals surface area contributed by atoms with Crippen molar-refractivity contribution in [3.05, 3.63) is 92.5 Å². The molecule has 0 saturated heterocycles. The van der Waals surface area contributed by atoms with Crippen molar-refractivity contribution >= 4 is 41.3 Å². The second kappa shape index (κ2) is 11.8. The number of hydrogen-bond acceptors (Lipinski definition) is 3. The van der Waals surface area contributed by atoms with Crippen LogP contribution in [0.25, 0.3) is 0 Å². The third-order valence-electron chi connectivity index (χ3n) is 4.57. The Morgan fingerprint density at radius 2 is 1.86 bits per heavy atom.